The lowest BCUT2D eigenvalue weighted by Gasteiger charge is -1.98. The summed E-state index contributed by atoms with van der Waals surface area (Å²) < 4.78 is 5.08. The minimum Gasteiger partial charge on any atom is -0.497 e. The smallest absolute Gasteiger partial charge is 0.296 e. The lowest BCUT2D eigenvalue weighted by Crippen LogP contribution is -2.08. The number of aromatic nitrogens is 1. The Morgan fingerprint density at radius 1 is 1.24 bits per heavy atom. The lowest BCUT2D eigenvalue weighted by atomic mass is 10.2. The molecule has 0 saturated carbocycles. The fraction of sp³-hybridized carbons (Fsp3) is 0.0769. The van der Waals surface area contributed by atoms with Crippen molar-refractivity contribution in [3.8, 4) is 5.75 Å². The Balaban J connectivity index is 2.17. The molecule has 0 saturated heterocycles. The van der Waals surface area contributed by atoms with Crippen molar-refractivity contribution in [2.45, 2.75) is 0 Å². The molecular formula is C13H14N3O+. The highest BCUT2D eigenvalue weighted by Gasteiger charge is 2.00. The summed E-state index contributed by atoms with van der Waals surface area (Å²) in [5.74, 6) is 1.38. The van der Waals surface area contributed by atoms with E-state index in [0.717, 1.165) is 17.0 Å². The predicted molar refractivity (Wildman–Crippen MR) is 67.7 cm³/mol. The molecular weight excluding hydrogens is 214 g/mol. The van der Waals surface area contributed by atoms with Crippen molar-refractivity contribution in [2.75, 3.05) is 12.8 Å². The number of benzene rings is 1. The predicted octanol–water partition coefficient (Wildman–Crippen LogP) is 1.84. The summed E-state index contributed by atoms with van der Waals surface area (Å²) in [6, 6.07) is 11.4. The molecule has 2 aromatic rings. The Hall–Kier alpha value is -2.36. The van der Waals surface area contributed by atoms with E-state index >= 15 is 0 Å². The van der Waals surface area contributed by atoms with E-state index in [1.165, 1.54) is 0 Å². The van der Waals surface area contributed by atoms with E-state index in [9.17, 15) is 0 Å². The highest BCUT2D eigenvalue weighted by molar-refractivity contribution is 5.83. The first-order valence-electron chi connectivity index (χ1n) is 5.24. The van der Waals surface area contributed by atoms with Crippen LogP contribution in [-0.4, -0.2) is 13.3 Å². The summed E-state index contributed by atoms with van der Waals surface area (Å²) in [6.07, 6.45) is 3.53. The van der Waals surface area contributed by atoms with Crippen molar-refractivity contribution in [3.63, 3.8) is 0 Å². The third-order valence-corrected chi connectivity index (χ3v) is 2.33. The van der Waals surface area contributed by atoms with Crippen molar-refractivity contribution in [1.29, 1.82) is 0 Å². The summed E-state index contributed by atoms with van der Waals surface area (Å²) in [6.45, 7) is 0. The summed E-state index contributed by atoms with van der Waals surface area (Å²) in [7, 11) is 1.64. The number of hydrogen-bond acceptors (Lipinski definition) is 3. The fourth-order valence-corrected chi connectivity index (χ4v) is 1.39. The van der Waals surface area contributed by atoms with Crippen LogP contribution in [-0.2, 0) is 0 Å². The largest absolute Gasteiger partial charge is 0.497 e. The minimum atomic E-state index is 0.553. The molecule has 4 nitrogen and oxygen atoms in total. The van der Waals surface area contributed by atoms with Crippen LogP contribution in [0.1, 0.15) is 5.56 Å². The molecule has 0 atom stereocenters. The zero-order valence-electron chi connectivity index (χ0n) is 9.55. The second kappa shape index (κ2) is 5.12. The molecule has 86 valence electrons. The molecule has 2 rings (SSSR count). The summed E-state index contributed by atoms with van der Waals surface area (Å²) in [5, 5.41) is 0. The van der Waals surface area contributed by atoms with E-state index in [4.69, 9.17) is 10.5 Å². The van der Waals surface area contributed by atoms with Gasteiger partial charge in [-0.05, 0) is 42.0 Å². The number of ether oxygens (including phenoxy) is 1. The molecule has 0 aliphatic heterocycles. The van der Waals surface area contributed by atoms with Crippen LogP contribution in [0.5, 0.6) is 5.75 Å². The van der Waals surface area contributed by atoms with Gasteiger partial charge in [0.25, 0.3) is 5.82 Å². The van der Waals surface area contributed by atoms with Crippen molar-refractivity contribution in [1.82, 2.24) is 0 Å². The second-order valence-corrected chi connectivity index (χ2v) is 3.50. The van der Waals surface area contributed by atoms with Crippen LogP contribution < -0.4 is 15.5 Å². The number of nitrogen functional groups attached to an aromatic ring is 1. The fourth-order valence-electron chi connectivity index (χ4n) is 1.39. The van der Waals surface area contributed by atoms with Crippen LogP contribution in [0.25, 0.3) is 0 Å². The molecule has 1 aromatic heterocycles. The van der Waals surface area contributed by atoms with Gasteiger partial charge in [0.15, 0.2) is 5.69 Å². The molecule has 0 unspecified atom stereocenters. The molecule has 0 spiro atoms. The van der Waals surface area contributed by atoms with Crippen LogP contribution >= 0.6 is 0 Å². The Bertz CT molecular complexity index is 520. The zero-order valence-corrected chi connectivity index (χ0v) is 9.55. The Morgan fingerprint density at radius 2 is 2.00 bits per heavy atom. The van der Waals surface area contributed by atoms with Gasteiger partial charge in [-0.3, -0.25) is 5.73 Å². The highest BCUT2D eigenvalue weighted by Crippen LogP contribution is 2.16. The number of nitrogens with zero attached hydrogens (tertiary/aromatic N) is 1. The summed E-state index contributed by atoms with van der Waals surface area (Å²) >= 11 is 0. The number of H-pyrrole nitrogens is 1. The molecule has 3 N–H and O–H groups in total. The quantitative estimate of drug-likeness (QED) is 0.815. The van der Waals surface area contributed by atoms with Crippen LogP contribution in [0, 0.1) is 0 Å². The molecule has 0 fully saturated rings. The number of aromatic amines is 1. The molecule has 0 radical (unpaired) electrons. The number of nitrogens with two attached hydrogens (primary N) is 1. The Labute approximate surface area is 99.8 Å². The zero-order chi connectivity index (χ0) is 12.1. The van der Waals surface area contributed by atoms with Crippen molar-refractivity contribution < 1.29 is 9.72 Å². The summed E-state index contributed by atoms with van der Waals surface area (Å²) in [5.41, 5.74) is 7.46. The van der Waals surface area contributed by atoms with Crippen molar-refractivity contribution in [3.05, 3.63) is 48.2 Å². The number of hydrogen-bond donors (Lipinski definition) is 1. The van der Waals surface area contributed by atoms with E-state index < -0.39 is 0 Å². The molecule has 0 aliphatic carbocycles. The molecule has 0 aliphatic rings. The molecule has 4 heteroatoms. The molecule has 1 aromatic carbocycles. The van der Waals surface area contributed by atoms with E-state index in [1.807, 2.05) is 36.4 Å². The SMILES string of the molecule is COc1ccc(C=Nc2ccc[nH+]c2N)cc1. The first-order chi connectivity index (χ1) is 8.29. The van der Waals surface area contributed by atoms with Crippen LogP contribution in [0.3, 0.4) is 0 Å². The van der Waals surface area contributed by atoms with Crippen LogP contribution in [0.4, 0.5) is 11.5 Å². The van der Waals surface area contributed by atoms with Gasteiger partial charge in [0.2, 0.25) is 0 Å². The van der Waals surface area contributed by atoms with Gasteiger partial charge in [-0.1, -0.05) is 0 Å². The third-order valence-electron chi connectivity index (χ3n) is 2.33. The van der Waals surface area contributed by atoms with E-state index in [2.05, 4.69) is 9.98 Å². The average molecular weight is 228 g/mol. The van der Waals surface area contributed by atoms with E-state index in [-0.39, 0.29) is 0 Å². The normalized spacial score (nSPS) is 10.6. The van der Waals surface area contributed by atoms with Crippen LogP contribution in [0.15, 0.2) is 47.6 Å². The monoisotopic (exact) mass is 228 g/mol. The van der Waals surface area contributed by atoms with Gasteiger partial charge in [0.1, 0.15) is 5.75 Å². The maximum atomic E-state index is 5.74. The number of anilines is 1. The first kappa shape index (κ1) is 11.1. The second-order valence-electron chi connectivity index (χ2n) is 3.50. The Morgan fingerprint density at radius 3 is 2.65 bits per heavy atom. The minimum absolute atomic E-state index is 0.553. The molecule has 0 amide bonds. The van der Waals surface area contributed by atoms with E-state index in [0.29, 0.717) is 5.82 Å². The molecule has 1 heterocycles. The van der Waals surface area contributed by atoms with Crippen molar-refractivity contribution >= 4 is 17.7 Å². The van der Waals surface area contributed by atoms with E-state index in [1.54, 1.807) is 19.5 Å². The number of methoxy groups -OCH3 is 1. The molecule has 0 bridgehead atoms. The lowest BCUT2D eigenvalue weighted by molar-refractivity contribution is -0.359. The third kappa shape index (κ3) is 2.81. The van der Waals surface area contributed by atoms with Gasteiger partial charge in [0.05, 0.1) is 13.3 Å². The standard InChI is InChI=1S/C13H13N3O/c1-17-11-6-4-10(5-7-11)9-16-12-3-2-8-15-13(12)14/h2-9H,1H3,(H2,14,15)/p+1. The van der Waals surface area contributed by atoms with Gasteiger partial charge in [-0.15, -0.1) is 0 Å². The first-order valence-corrected chi connectivity index (χ1v) is 5.24. The highest BCUT2D eigenvalue weighted by atomic mass is 16.5. The Kier molecular flexibility index (Phi) is 3.35. The topological polar surface area (TPSA) is 61.8 Å². The maximum Gasteiger partial charge on any atom is 0.296 e. The average Bonchev–Trinajstić information content (AvgIpc) is 2.38. The van der Waals surface area contributed by atoms with Gasteiger partial charge in [0, 0.05) is 6.21 Å². The van der Waals surface area contributed by atoms with Crippen molar-refractivity contribution in [2.24, 2.45) is 4.99 Å². The van der Waals surface area contributed by atoms with Crippen LogP contribution in [0.2, 0.25) is 0 Å². The van der Waals surface area contributed by atoms with Gasteiger partial charge < -0.3 is 4.74 Å². The van der Waals surface area contributed by atoms with Gasteiger partial charge in [-0.25, -0.2) is 9.98 Å². The number of nitrogens with one attached hydrogen (secondary N) is 1. The molecule has 17 heavy (non-hydrogen) atoms. The summed E-state index contributed by atoms with van der Waals surface area (Å²) in [4.78, 5) is 7.21. The van der Waals surface area contributed by atoms with Gasteiger partial charge >= 0.3 is 0 Å². The number of pyridine rings is 1. The number of aliphatic imine (C=N–C) groups is 1. The maximum absolute atomic E-state index is 5.74. The number of rotatable bonds is 3. The van der Waals surface area contributed by atoms with Gasteiger partial charge in [-0.2, -0.15) is 0 Å².